The second kappa shape index (κ2) is 4.79. The zero-order valence-electron chi connectivity index (χ0n) is 9.43. The molecule has 1 aromatic heterocycles. The Bertz CT molecular complexity index is 447. The van der Waals surface area contributed by atoms with Crippen LogP contribution >= 0.6 is 0 Å². The maximum Gasteiger partial charge on any atom is 0.169 e. The van der Waals surface area contributed by atoms with Gasteiger partial charge in [0.1, 0.15) is 0 Å². The van der Waals surface area contributed by atoms with E-state index in [0.717, 1.165) is 25.1 Å². The number of nitrogen functional groups attached to an aromatic ring is 1. The Kier molecular flexibility index (Phi) is 3.19. The maximum absolute atomic E-state index is 5.79. The molecule has 1 aromatic carbocycles. The Balaban J connectivity index is 2.21. The lowest BCUT2D eigenvalue weighted by Gasteiger charge is -2.05. The summed E-state index contributed by atoms with van der Waals surface area (Å²) in [6.45, 7) is 2.86. The lowest BCUT2D eigenvalue weighted by molar-refractivity contribution is 0.613. The van der Waals surface area contributed by atoms with Crippen molar-refractivity contribution in [1.29, 1.82) is 0 Å². The Morgan fingerprint density at radius 3 is 2.69 bits per heavy atom. The third-order valence-corrected chi connectivity index (χ3v) is 2.53. The molecule has 0 spiro atoms. The van der Waals surface area contributed by atoms with Crippen LogP contribution in [0.15, 0.2) is 30.3 Å². The number of hydrogen-bond donors (Lipinski definition) is 1. The van der Waals surface area contributed by atoms with Gasteiger partial charge in [-0.25, -0.2) is 4.68 Å². The van der Waals surface area contributed by atoms with Crippen molar-refractivity contribution < 1.29 is 0 Å². The minimum Gasteiger partial charge on any atom is -0.381 e. The molecule has 0 bridgehead atoms. The van der Waals surface area contributed by atoms with Crippen LogP contribution in [0.25, 0.3) is 0 Å². The molecule has 0 saturated heterocycles. The number of anilines is 1. The Labute approximate surface area is 95.1 Å². The Morgan fingerprint density at radius 2 is 2.00 bits per heavy atom. The molecule has 0 fully saturated rings. The molecule has 2 rings (SSSR count). The summed E-state index contributed by atoms with van der Waals surface area (Å²) in [5.41, 5.74) is 8.03. The molecule has 0 amide bonds. The Morgan fingerprint density at radius 1 is 1.25 bits per heavy atom. The highest BCUT2D eigenvalue weighted by atomic mass is 15.4. The van der Waals surface area contributed by atoms with E-state index in [9.17, 15) is 0 Å². The molecule has 0 aliphatic carbocycles. The second-order valence-corrected chi connectivity index (χ2v) is 3.81. The van der Waals surface area contributed by atoms with Gasteiger partial charge in [-0.2, -0.15) is 0 Å². The van der Waals surface area contributed by atoms with Gasteiger partial charge in [0.15, 0.2) is 5.82 Å². The van der Waals surface area contributed by atoms with Gasteiger partial charge in [-0.3, -0.25) is 0 Å². The summed E-state index contributed by atoms with van der Waals surface area (Å²) in [7, 11) is 0. The van der Waals surface area contributed by atoms with Crippen LogP contribution in [0.3, 0.4) is 0 Å². The van der Waals surface area contributed by atoms with E-state index in [1.54, 1.807) is 0 Å². The van der Waals surface area contributed by atoms with E-state index in [0.29, 0.717) is 5.82 Å². The maximum atomic E-state index is 5.79. The summed E-state index contributed by atoms with van der Waals surface area (Å²) in [5.74, 6) is 0.554. The van der Waals surface area contributed by atoms with Crippen LogP contribution in [0, 0.1) is 0 Å². The first-order chi connectivity index (χ1) is 7.81. The third-order valence-electron chi connectivity index (χ3n) is 2.53. The van der Waals surface area contributed by atoms with Crippen LogP contribution < -0.4 is 5.73 Å². The molecule has 16 heavy (non-hydrogen) atoms. The molecular formula is C12H16N4. The van der Waals surface area contributed by atoms with Crippen molar-refractivity contribution in [3.63, 3.8) is 0 Å². The molecular weight excluding hydrogens is 200 g/mol. The van der Waals surface area contributed by atoms with Crippen molar-refractivity contribution in [3.8, 4) is 0 Å². The number of aromatic nitrogens is 3. The molecule has 4 heteroatoms. The summed E-state index contributed by atoms with van der Waals surface area (Å²) >= 11 is 0. The molecule has 1 heterocycles. The Hall–Kier alpha value is -1.84. The first-order valence-electron chi connectivity index (χ1n) is 5.53. The van der Waals surface area contributed by atoms with Crippen LogP contribution in [0.4, 0.5) is 5.82 Å². The highest BCUT2D eigenvalue weighted by Crippen LogP contribution is 2.12. The van der Waals surface area contributed by atoms with Crippen LogP contribution in [0.1, 0.15) is 24.6 Å². The SMILES string of the molecule is CCCc1c(N)nnn1Cc1ccccc1. The minimum absolute atomic E-state index is 0.554. The van der Waals surface area contributed by atoms with Gasteiger partial charge in [0, 0.05) is 0 Å². The second-order valence-electron chi connectivity index (χ2n) is 3.81. The summed E-state index contributed by atoms with van der Waals surface area (Å²) in [5, 5.41) is 7.99. The predicted molar refractivity (Wildman–Crippen MR) is 64.0 cm³/mol. The molecule has 84 valence electrons. The van der Waals surface area contributed by atoms with Crippen molar-refractivity contribution in [2.24, 2.45) is 0 Å². The van der Waals surface area contributed by atoms with Gasteiger partial charge in [-0.05, 0) is 12.0 Å². The van der Waals surface area contributed by atoms with E-state index < -0.39 is 0 Å². The summed E-state index contributed by atoms with van der Waals surface area (Å²) in [4.78, 5) is 0. The molecule has 2 N–H and O–H groups in total. The molecule has 0 saturated carbocycles. The van der Waals surface area contributed by atoms with Crippen molar-refractivity contribution >= 4 is 5.82 Å². The van der Waals surface area contributed by atoms with Crippen molar-refractivity contribution in [1.82, 2.24) is 15.0 Å². The molecule has 0 radical (unpaired) electrons. The fourth-order valence-electron chi connectivity index (χ4n) is 1.72. The molecule has 0 atom stereocenters. The standard InChI is InChI=1S/C12H16N4/c1-2-6-11-12(13)14-15-16(11)9-10-7-4-3-5-8-10/h3-5,7-8H,2,6,9,13H2,1H3. The average Bonchev–Trinajstić information content (AvgIpc) is 2.64. The molecule has 4 nitrogen and oxygen atoms in total. The van der Waals surface area contributed by atoms with E-state index in [1.807, 2.05) is 22.9 Å². The zero-order chi connectivity index (χ0) is 11.4. The largest absolute Gasteiger partial charge is 0.381 e. The van der Waals surface area contributed by atoms with Gasteiger partial charge in [0.05, 0.1) is 12.2 Å². The molecule has 0 aliphatic rings. The highest BCUT2D eigenvalue weighted by molar-refractivity contribution is 5.33. The van der Waals surface area contributed by atoms with Gasteiger partial charge < -0.3 is 5.73 Å². The first kappa shape index (κ1) is 10.7. The van der Waals surface area contributed by atoms with Crippen LogP contribution in [0.5, 0.6) is 0 Å². The first-order valence-corrected chi connectivity index (χ1v) is 5.53. The number of nitrogens with two attached hydrogens (primary N) is 1. The fourth-order valence-corrected chi connectivity index (χ4v) is 1.72. The van der Waals surface area contributed by atoms with E-state index in [-0.39, 0.29) is 0 Å². The van der Waals surface area contributed by atoms with Gasteiger partial charge in [-0.1, -0.05) is 48.9 Å². The van der Waals surface area contributed by atoms with E-state index in [2.05, 4.69) is 29.4 Å². The van der Waals surface area contributed by atoms with Gasteiger partial charge >= 0.3 is 0 Å². The zero-order valence-corrected chi connectivity index (χ0v) is 9.43. The van der Waals surface area contributed by atoms with Gasteiger partial charge in [0.2, 0.25) is 0 Å². The number of rotatable bonds is 4. The van der Waals surface area contributed by atoms with Crippen LogP contribution in [-0.2, 0) is 13.0 Å². The van der Waals surface area contributed by atoms with E-state index in [4.69, 9.17) is 5.73 Å². The van der Waals surface area contributed by atoms with Crippen LogP contribution in [-0.4, -0.2) is 15.0 Å². The lowest BCUT2D eigenvalue weighted by Crippen LogP contribution is -2.07. The summed E-state index contributed by atoms with van der Waals surface area (Å²) < 4.78 is 1.88. The van der Waals surface area contributed by atoms with Gasteiger partial charge in [-0.15, -0.1) is 5.10 Å². The monoisotopic (exact) mass is 216 g/mol. The average molecular weight is 216 g/mol. The molecule has 0 aliphatic heterocycles. The predicted octanol–water partition coefficient (Wildman–Crippen LogP) is 1.86. The number of benzene rings is 1. The quantitative estimate of drug-likeness (QED) is 0.848. The fraction of sp³-hybridized carbons (Fsp3) is 0.333. The summed E-state index contributed by atoms with van der Waals surface area (Å²) in [6, 6.07) is 10.2. The molecule has 0 unspecified atom stereocenters. The minimum atomic E-state index is 0.554. The van der Waals surface area contributed by atoms with E-state index >= 15 is 0 Å². The number of hydrogen-bond acceptors (Lipinski definition) is 3. The van der Waals surface area contributed by atoms with Crippen molar-refractivity contribution in [3.05, 3.63) is 41.6 Å². The van der Waals surface area contributed by atoms with Crippen molar-refractivity contribution in [2.75, 3.05) is 5.73 Å². The lowest BCUT2D eigenvalue weighted by atomic mass is 10.2. The van der Waals surface area contributed by atoms with Crippen molar-refractivity contribution in [2.45, 2.75) is 26.3 Å². The van der Waals surface area contributed by atoms with E-state index in [1.165, 1.54) is 5.56 Å². The number of nitrogens with zero attached hydrogens (tertiary/aromatic N) is 3. The molecule has 2 aromatic rings. The normalized spacial score (nSPS) is 10.6. The topological polar surface area (TPSA) is 56.7 Å². The summed E-state index contributed by atoms with van der Waals surface area (Å²) in [6.07, 6.45) is 1.97. The van der Waals surface area contributed by atoms with Gasteiger partial charge in [0.25, 0.3) is 0 Å². The smallest absolute Gasteiger partial charge is 0.169 e. The van der Waals surface area contributed by atoms with Crippen LogP contribution in [0.2, 0.25) is 0 Å². The third kappa shape index (κ3) is 2.21. The highest BCUT2D eigenvalue weighted by Gasteiger charge is 2.08.